The number of aromatic nitrogens is 2. The van der Waals surface area contributed by atoms with Crippen molar-refractivity contribution in [2.45, 2.75) is 13.8 Å². The third-order valence-corrected chi connectivity index (χ3v) is 3.82. The molecule has 0 radical (unpaired) electrons. The average Bonchev–Trinajstić information content (AvgIpc) is 3.10. The molecule has 0 aliphatic heterocycles. The van der Waals surface area contributed by atoms with E-state index in [1.165, 1.54) is 0 Å². The number of anilines is 1. The van der Waals surface area contributed by atoms with Crippen LogP contribution in [0.25, 0.3) is 11.3 Å². The van der Waals surface area contributed by atoms with Gasteiger partial charge in [0.1, 0.15) is 11.5 Å². The smallest absolute Gasteiger partial charge is 0.263 e. The molecule has 1 aromatic heterocycles. The Labute approximate surface area is 150 Å². The number of amides is 1. The number of carbonyl (C=O) groups excluding carboxylic acids is 1. The number of aryl methyl sites for hydroxylation is 2. The summed E-state index contributed by atoms with van der Waals surface area (Å²) < 4.78 is 15.4. The number of benzene rings is 2. The zero-order valence-electron chi connectivity index (χ0n) is 14.8. The second kappa shape index (κ2) is 7.69. The second-order valence-corrected chi connectivity index (χ2v) is 5.79. The van der Waals surface area contributed by atoms with Crippen LogP contribution in [0.4, 0.5) is 5.82 Å². The molecule has 134 valence electrons. The van der Waals surface area contributed by atoms with Crippen LogP contribution in [0.5, 0.6) is 11.5 Å². The van der Waals surface area contributed by atoms with Gasteiger partial charge < -0.3 is 14.8 Å². The van der Waals surface area contributed by atoms with E-state index in [9.17, 15) is 4.79 Å². The normalized spacial score (nSPS) is 10.4. The van der Waals surface area contributed by atoms with Crippen molar-refractivity contribution >= 4 is 11.7 Å². The molecule has 0 bridgehead atoms. The van der Waals surface area contributed by atoms with Crippen LogP contribution in [0.2, 0.25) is 0 Å². The zero-order valence-corrected chi connectivity index (χ0v) is 14.8. The third-order valence-electron chi connectivity index (χ3n) is 3.82. The molecule has 2 aromatic carbocycles. The Morgan fingerprint density at radius 2 is 1.81 bits per heavy atom. The van der Waals surface area contributed by atoms with Crippen LogP contribution in [0.15, 0.2) is 47.1 Å². The Balaban J connectivity index is 1.66. The highest BCUT2D eigenvalue weighted by Crippen LogP contribution is 2.28. The summed E-state index contributed by atoms with van der Waals surface area (Å²) in [6.07, 6.45) is 0. The third kappa shape index (κ3) is 4.00. The van der Waals surface area contributed by atoms with Gasteiger partial charge >= 0.3 is 0 Å². The fourth-order valence-corrected chi connectivity index (χ4v) is 2.43. The van der Waals surface area contributed by atoms with Gasteiger partial charge in [0.05, 0.1) is 7.11 Å². The molecular formula is C19H19N3O4. The average molecular weight is 353 g/mol. The lowest BCUT2D eigenvalue weighted by Crippen LogP contribution is -2.20. The minimum Gasteiger partial charge on any atom is -0.497 e. The summed E-state index contributed by atoms with van der Waals surface area (Å²) in [5, 5.41) is 10.4. The van der Waals surface area contributed by atoms with Crippen molar-refractivity contribution in [3.63, 3.8) is 0 Å². The van der Waals surface area contributed by atoms with Crippen molar-refractivity contribution in [2.24, 2.45) is 0 Å². The number of hydrogen-bond acceptors (Lipinski definition) is 6. The van der Waals surface area contributed by atoms with Gasteiger partial charge in [-0.1, -0.05) is 17.7 Å². The lowest BCUT2D eigenvalue weighted by atomic mass is 10.0. The number of methoxy groups -OCH3 is 1. The first-order valence-corrected chi connectivity index (χ1v) is 8.03. The van der Waals surface area contributed by atoms with Crippen LogP contribution in [0, 0.1) is 13.8 Å². The summed E-state index contributed by atoms with van der Waals surface area (Å²) in [4.78, 5) is 12.2. The molecule has 1 N–H and O–H groups in total. The number of nitrogens with one attached hydrogen (secondary N) is 1. The van der Waals surface area contributed by atoms with Crippen LogP contribution in [-0.4, -0.2) is 29.9 Å². The quantitative estimate of drug-likeness (QED) is 0.731. The molecule has 0 aliphatic rings. The molecule has 1 amide bonds. The first-order chi connectivity index (χ1) is 12.6. The minimum atomic E-state index is -0.358. The monoisotopic (exact) mass is 353 g/mol. The molecule has 0 fully saturated rings. The number of carbonyl (C=O) groups is 1. The Kier molecular flexibility index (Phi) is 5.17. The SMILES string of the molecule is COc1ccc(OCC(=O)Nc2nonc2-c2cc(C)ccc2C)cc1. The molecule has 0 atom stereocenters. The van der Waals surface area contributed by atoms with Crippen molar-refractivity contribution < 1.29 is 18.9 Å². The van der Waals surface area contributed by atoms with E-state index < -0.39 is 0 Å². The standard InChI is InChI=1S/C19H19N3O4/c1-12-4-5-13(2)16(10-12)18-19(22-26-21-18)20-17(23)11-25-15-8-6-14(24-3)7-9-15/h4-10H,11H2,1-3H3,(H,20,22,23). The molecule has 0 saturated carbocycles. The number of nitrogens with zero attached hydrogens (tertiary/aromatic N) is 2. The minimum absolute atomic E-state index is 0.161. The van der Waals surface area contributed by atoms with E-state index in [0.717, 1.165) is 16.7 Å². The molecule has 0 unspecified atom stereocenters. The van der Waals surface area contributed by atoms with Crippen LogP contribution in [-0.2, 0) is 4.79 Å². The van der Waals surface area contributed by atoms with Crippen LogP contribution in [0.3, 0.4) is 0 Å². The van der Waals surface area contributed by atoms with Crippen LogP contribution < -0.4 is 14.8 Å². The van der Waals surface area contributed by atoms with Gasteiger partial charge in [0.15, 0.2) is 12.3 Å². The maximum atomic E-state index is 12.2. The maximum absolute atomic E-state index is 12.2. The van der Waals surface area contributed by atoms with Gasteiger partial charge in [0.2, 0.25) is 5.82 Å². The summed E-state index contributed by atoms with van der Waals surface area (Å²) in [6, 6.07) is 12.9. The highest BCUT2D eigenvalue weighted by Gasteiger charge is 2.17. The second-order valence-electron chi connectivity index (χ2n) is 5.79. The molecular weight excluding hydrogens is 334 g/mol. The summed E-state index contributed by atoms with van der Waals surface area (Å²) in [5.41, 5.74) is 3.44. The van der Waals surface area contributed by atoms with Crippen molar-refractivity contribution in [2.75, 3.05) is 19.0 Å². The van der Waals surface area contributed by atoms with Gasteiger partial charge in [0, 0.05) is 5.56 Å². The lowest BCUT2D eigenvalue weighted by molar-refractivity contribution is -0.118. The van der Waals surface area contributed by atoms with Crippen LogP contribution in [0.1, 0.15) is 11.1 Å². The Morgan fingerprint density at radius 3 is 2.54 bits per heavy atom. The van der Waals surface area contributed by atoms with Crippen molar-refractivity contribution in [1.29, 1.82) is 0 Å². The first-order valence-electron chi connectivity index (χ1n) is 8.03. The molecule has 7 heteroatoms. The fourth-order valence-electron chi connectivity index (χ4n) is 2.43. The van der Waals surface area contributed by atoms with Crippen molar-refractivity contribution in [3.05, 3.63) is 53.6 Å². The Bertz CT molecular complexity index is 903. The van der Waals surface area contributed by atoms with Crippen molar-refractivity contribution in [3.8, 4) is 22.8 Å². The highest BCUT2D eigenvalue weighted by atomic mass is 16.6. The van der Waals surface area contributed by atoms with E-state index in [1.807, 2.05) is 32.0 Å². The molecule has 1 heterocycles. The topological polar surface area (TPSA) is 86.5 Å². The van der Waals surface area contributed by atoms with Gasteiger partial charge in [-0.25, -0.2) is 4.63 Å². The molecule has 7 nitrogen and oxygen atoms in total. The number of hydrogen-bond donors (Lipinski definition) is 1. The summed E-state index contributed by atoms with van der Waals surface area (Å²) in [6.45, 7) is 3.78. The fraction of sp³-hybridized carbons (Fsp3) is 0.211. The summed E-state index contributed by atoms with van der Waals surface area (Å²) in [7, 11) is 1.59. The molecule has 0 saturated heterocycles. The van der Waals surface area contributed by atoms with E-state index in [1.54, 1.807) is 31.4 Å². The van der Waals surface area contributed by atoms with E-state index in [2.05, 4.69) is 15.6 Å². The van der Waals surface area contributed by atoms with Gasteiger partial charge in [-0.15, -0.1) is 0 Å². The van der Waals surface area contributed by atoms with Crippen LogP contribution >= 0.6 is 0 Å². The maximum Gasteiger partial charge on any atom is 0.263 e. The molecule has 3 aromatic rings. The van der Waals surface area contributed by atoms with Crippen molar-refractivity contribution in [1.82, 2.24) is 10.3 Å². The van der Waals surface area contributed by atoms with E-state index in [0.29, 0.717) is 17.2 Å². The van der Waals surface area contributed by atoms with E-state index >= 15 is 0 Å². The van der Waals surface area contributed by atoms with E-state index in [-0.39, 0.29) is 18.3 Å². The lowest BCUT2D eigenvalue weighted by Gasteiger charge is -2.08. The predicted molar refractivity (Wildman–Crippen MR) is 96.3 cm³/mol. The largest absolute Gasteiger partial charge is 0.497 e. The number of ether oxygens (including phenoxy) is 2. The Hall–Kier alpha value is -3.35. The van der Waals surface area contributed by atoms with Gasteiger partial charge in [-0.3, -0.25) is 4.79 Å². The van der Waals surface area contributed by atoms with Gasteiger partial charge in [0.25, 0.3) is 5.91 Å². The van der Waals surface area contributed by atoms with Gasteiger partial charge in [-0.05, 0) is 60.1 Å². The van der Waals surface area contributed by atoms with Gasteiger partial charge in [-0.2, -0.15) is 0 Å². The van der Waals surface area contributed by atoms with E-state index in [4.69, 9.17) is 14.1 Å². The highest BCUT2D eigenvalue weighted by molar-refractivity contribution is 5.94. The number of rotatable bonds is 6. The Morgan fingerprint density at radius 1 is 1.08 bits per heavy atom. The molecule has 3 rings (SSSR count). The molecule has 26 heavy (non-hydrogen) atoms. The molecule has 0 aliphatic carbocycles. The summed E-state index contributed by atoms with van der Waals surface area (Å²) in [5.74, 6) is 1.19. The molecule has 0 spiro atoms. The summed E-state index contributed by atoms with van der Waals surface area (Å²) >= 11 is 0. The first kappa shape index (κ1) is 17.5. The predicted octanol–water partition coefficient (Wildman–Crippen LogP) is 3.38. The zero-order chi connectivity index (χ0) is 18.5.